The summed E-state index contributed by atoms with van der Waals surface area (Å²) in [5, 5.41) is 14.6. The fourth-order valence-electron chi connectivity index (χ4n) is 2.62. The van der Waals surface area contributed by atoms with E-state index in [-0.39, 0.29) is 11.8 Å². The number of anilines is 2. The third kappa shape index (κ3) is 2.44. The molecule has 0 bridgehead atoms. The van der Waals surface area contributed by atoms with Crippen molar-refractivity contribution >= 4 is 23.2 Å². The third-order valence-corrected chi connectivity index (χ3v) is 4.07. The number of amides is 2. The average Bonchev–Trinajstić information content (AvgIpc) is 2.77. The van der Waals surface area contributed by atoms with Crippen molar-refractivity contribution in [1.82, 2.24) is 0 Å². The molecule has 2 N–H and O–H groups in total. The third-order valence-electron chi connectivity index (χ3n) is 4.07. The molecule has 0 saturated carbocycles. The lowest BCUT2D eigenvalue weighted by Crippen LogP contribution is -2.26. The largest absolute Gasteiger partial charge is 0.325 e. The van der Waals surface area contributed by atoms with Gasteiger partial charge < -0.3 is 10.6 Å². The molecule has 3 rings (SSSR count). The van der Waals surface area contributed by atoms with E-state index in [1.165, 1.54) is 0 Å². The molecule has 1 aliphatic rings. The van der Waals surface area contributed by atoms with E-state index in [0.29, 0.717) is 22.5 Å². The summed E-state index contributed by atoms with van der Waals surface area (Å²) < 4.78 is 0. The average molecular weight is 305 g/mol. The highest BCUT2D eigenvalue weighted by Crippen LogP contribution is 2.37. The van der Waals surface area contributed by atoms with Crippen LogP contribution in [0.15, 0.2) is 42.5 Å². The number of hydrogen-bond acceptors (Lipinski definition) is 3. The van der Waals surface area contributed by atoms with Crippen LogP contribution in [0, 0.1) is 11.3 Å². The zero-order valence-corrected chi connectivity index (χ0v) is 12.8. The predicted octanol–water partition coefficient (Wildman–Crippen LogP) is 3.04. The van der Waals surface area contributed by atoms with E-state index < -0.39 is 5.41 Å². The molecule has 2 aromatic carbocycles. The maximum atomic E-state index is 12.4. The SMILES string of the molecule is CC1(C)C(=O)Nc2cc(C(=O)Nc3ccccc3C#N)ccc21. The molecule has 23 heavy (non-hydrogen) atoms. The van der Waals surface area contributed by atoms with Crippen molar-refractivity contribution in [3.8, 4) is 6.07 Å². The lowest BCUT2D eigenvalue weighted by molar-refractivity contribution is -0.119. The number of nitrogens with zero attached hydrogens (tertiary/aromatic N) is 1. The molecule has 1 heterocycles. The van der Waals surface area contributed by atoms with Crippen LogP contribution >= 0.6 is 0 Å². The van der Waals surface area contributed by atoms with Crippen LogP contribution in [0.3, 0.4) is 0 Å². The van der Waals surface area contributed by atoms with E-state index in [1.807, 2.05) is 19.9 Å². The lowest BCUT2D eigenvalue weighted by Gasteiger charge is -2.15. The molecule has 5 heteroatoms. The molecule has 0 aliphatic carbocycles. The minimum absolute atomic E-state index is 0.0834. The number of para-hydroxylation sites is 1. The van der Waals surface area contributed by atoms with Gasteiger partial charge in [0.1, 0.15) is 6.07 Å². The molecule has 0 fully saturated rings. The second-order valence-corrected chi connectivity index (χ2v) is 5.95. The van der Waals surface area contributed by atoms with Crippen molar-refractivity contribution in [3.63, 3.8) is 0 Å². The smallest absolute Gasteiger partial charge is 0.255 e. The number of nitriles is 1. The first kappa shape index (κ1) is 14.8. The van der Waals surface area contributed by atoms with E-state index in [1.54, 1.807) is 42.5 Å². The Morgan fingerprint density at radius 3 is 2.70 bits per heavy atom. The Labute approximate surface area is 133 Å². The van der Waals surface area contributed by atoms with E-state index in [2.05, 4.69) is 10.6 Å². The fourth-order valence-corrected chi connectivity index (χ4v) is 2.62. The summed E-state index contributed by atoms with van der Waals surface area (Å²) in [5.74, 6) is -0.408. The normalized spacial score (nSPS) is 14.6. The van der Waals surface area contributed by atoms with Gasteiger partial charge in [0.2, 0.25) is 5.91 Å². The molecule has 2 amide bonds. The van der Waals surface area contributed by atoms with Crippen molar-refractivity contribution in [2.24, 2.45) is 0 Å². The molecular formula is C18H15N3O2. The second kappa shape index (κ2) is 5.25. The predicted molar refractivity (Wildman–Crippen MR) is 87.2 cm³/mol. The molecule has 2 aromatic rings. The number of benzene rings is 2. The van der Waals surface area contributed by atoms with E-state index in [0.717, 1.165) is 5.56 Å². The molecule has 114 valence electrons. The van der Waals surface area contributed by atoms with E-state index in [9.17, 15) is 9.59 Å². The monoisotopic (exact) mass is 305 g/mol. The Balaban J connectivity index is 1.90. The van der Waals surface area contributed by atoms with Crippen molar-refractivity contribution in [2.45, 2.75) is 19.3 Å². The Morgan fingerprint density at radius 1 is 1.22 bits per heavy atom. The molecule has 0 saturated heterocycles. The van der Waals surface area contributed by atoms with Gasteiger partial charge in [-0.15, -0.1) is 0 Å². The molecule has 5 nitrogen and oxygen atoms in total. The lowest BCUT2D eigenvalue weighted by atomic mass is 9.86. The number of fused-ring (bicyclic) bond motifs is 1. The van der Waals surface area contributed by atoms with Gasteiger partial charge in [0.05, 0.1) is 16.7 Å². The van der Waals surface area contributed by atoms with E-state index in [4.69, 9.17) is 5.26 Å². The van der Waals surface area contributed by atoms with Gasteiger partial charge in [-0.05, 0) is 43.7 Å². The van der Waals surface area contributed by atoms with Crippen LogP contribution in [0.4, 0.5) is 11.4 Å². The highest BCUT2D eigenvalue weighted by molar-refractivity contribution is 6.09. The highest BCUT2D eigenvalue weighted by Gasteiger charge is 2.38. The standard InChI is InChI=1S/C18H15N3O2/c1-18(2)13-8-7-11(9-15(13)21-17(18)23)16(22)20-14-6-4-3-5-12(14)10-19/h3-9H,1-2H3,(H,20,22)(H,21,23). The maximum absolute atomic E-state index is 12.4. The molecule has 0 atom stereocenters. The van der Waals surface area contributed by atoms with Gasteiger partial charge in [-0.1, -0.05) is 18.2 Å². The zero-order valence-electron chi connectivity index (χ0n) is 12.8. The minimum Gasteiger partial charge on any atom is -0.325 e. The van der Waals surface area contributed by atoms with Gasteiger partial charge in [-0.3, -0.25) is 9.59 Å². The second-order valence-electron chi connectivity index (χ2n) is 5.95. The van der Waals surface area contributed by atoms with Crippen molar-refractivity contribution in [3.05, 3.63) is 59.2 Å². The summed E-state index contributed by atoms with van der Waals surface area (Å²) >= 11 is 0. The Morgan fingerprint density at radius 2 is 1.96 bits per heavy atom. The van der Waals surface area contributed by atoms with Crippen LogP contribution in [0.2, 0.25) is 0 Å². The van der Waals surface area contributed by atoms with Gasteiger partial charge in [-0.2, -0.15) is 5.26 Å². The van der Waals surface area contributed by atoms with Crippen LogP contribution in [0.5, 0.6) is 0 Å². The van der Waals surface area contributed by atoms with Gasteiger partial charge in [0.25, 0.3) is 5.91 Å². The summed E-state index contributed by atoms with van der Waals surface area (Å²) in [6, 6.07) is 14.0. The molecule has 0 spiro atoms. The van der Waals surface area contributed by atoms with Gasteiger partial charge in [0.15, 0.2) is 0 Å². The maximum Gasteiger partial charge on any atom is 0.255 e. The quantitative estimate of drug-likeness (QED) is 0.894. The van der Waals surface area contributed by atoms with Gasteiger partial charge in [-0.25, -0.2) is 0 Å². The summed E-state index contributed by atoms with van der Waals surface area (Å²) in [6.07, 6.45) is 0. The number of nitrogens with one attached hydrogen (secondary N) is 2. The summed E-state index contributed by atoms with van der Waals surface area (Å²) in [4.78, 5) is 24.4. The molecule has 0 unspecified atom stereocenters. The van der Waals surface area contributed by atoms with Gasteiger partial charge >= 0.3 is 0 Å². The van der Waals surface area contributed by atoms with Crippen LogP contribution in [-0.2, 0) is 10.2 Å². The van der Waals surface area contributed by atoms with Crippen LogP contribution < -0.4 is 10.6 Å². The number of hydrogen-bond donors (Lipinski definition) is 2. The van der Waals surface area contributed by atoms with Crippen molar-refractivity contribution in [1.29, 1.82) is 5.26 Å². The van der Waals surface area contributed by atoms with Gasteiger partial charge in [0, 0.05) is 11.3 Å². The highest BCUT2D eigenvalue weighted by atomic mass is 16.2. The Hall–Kier alpha value is -3.13. The van der Waals surface area contributed by atoms with Crippen molar-refractivity contribution in [2.75, 3.05) is 10.6 Å². The molecular weight excluding hydrogens is 290 g/mol. The van der Waals surface area contributed by atoms with Crippen LogP contribution in [0.1, 0.15) is 35.3 Å². The molecule has 1 aliphatic heterocycles. The van der Waals surface area contributed by atoms with Crippen LogP contribution in [0.25, 0.3) is 0 Å². The summed E-state index contributed by atoms with van der Waals surface area (Å²) in [6.45, 7) is 3.69. The Kier molecular flexibility index (Phi) is 3.38. The minimum atomic E-state index is -0.599. The Bertz CT molecular complexity index is 863. The first-order valence-electron chi connectivity index (χ1n) is 7.20. The first-order chi connectivity index (χ1) is 10.9. The summed E-state index contributed by atoms with van der Waals surface area (Å²) in [5.41, 5.74) is 2.21. The first-order valence-corrected chi connectivity index (χ1v) is 7.20. The number of carbonyl (C=O) groups is 2. The topological polar surface area (TPSA) is 82.0 Å². The molecule has 0 aromatic heterocycles. The summed E-state index contributed by atoms with van der Waals surface area (Å²) in [7, 11) is 0. The fraction of sp³-hybridized carbons (Fsp3) is 0.167. The zero-order chi connectivity index (χ0) is 16.6. The van der Waals surface area contributed by atoms with Crippen molar-refractivity contribution < 1.29 is 9.59 Å². The number of carbonyl (C=O) groups excluding carboxylic acids is 2. The molecule has 0 radical (unpaired) electrons. The number of rotatable bonds is 2. The van der Waals surface area contributed by atoms with E-state index >= 15 is 0 Å². The van der Waals surface area contributed by atoms with Crippen LogP contribution in [-0.4, -0.2) is 11.8 Å².